The van der Waals surface area contributed by atoms with E-state index in [-0.39, 0.29) is 11.6 Å². The van der Waals surface area contributed by atoms with Gasteiger partial charge in [0.1, 0.15) is 12.2 Å². The van der Waals surface area contributed by atoms with Crippen LogP contribution in [-0.2, 0) is 11.0 Å². The van der Waals surface area contributed by atoms with Crippen molar-refractivity contribution in [2.75, 3.05) is 6.61 Å². The summed E-state index contributed by atoms with van der Waals surface area (Å²) in [6.07, 6.45) is 2.13. The van der Waals surface area contributed by atoms with Gasteiger partial charge in [-0.25, -0.2) is 0 Å². The first-order valence-corrected chi connectivity index (χ1v) is 13.8. The van der Waals surface area contributed by atoms with E-state index in [0.29, 0.717) is 24.3 Å². The maximum absolute atomic E-state index is 10.3. The van der Waals surface area contributed by atoms with Crippen LogP contribution < -0.4 is 15.1 Å². The Bertz CT molecular complexity index is 1310. The van der Waals surface area contributed by atoms with Crippen molar-refractivity contribution in [1.82, 2.24) is 0 Å². The molecule has 0 bridgehead atoms. The normalized spacial score (nSPS) is 11.8. The van der Waals surface area contributed by atoms with Gasteiger partial charge in [-0.2, -0.15) is 0 Å². The zero-order chi connectivity index (χ0) is 24.9. The summed E-state index contributed by atoms with van der Waals surface area (Å²) in [5, 5.41) is 24.3. The Kier molecular flexibility index (Phi) is 7.37. The highest BCUT2D eigenvalue weighted by Crippen LogP contribution is 2.36. The first kappa shape index (κ1) is 24.7. The van der Waals surface area contributed by atoms with Gasteiger partial charge in [-0.3, -0.25) is 5.21 Å². The van der Waals surface area contributed by atoms with Crippen LogP contribution in [0.4, 0.5) is 0 Å². The van der Waals surface area contributed by atoms with E-state index in [0.717, 1.165) is 15.5 Å². The highest BCUT2D eigenvalue weighted by molar-refractivity contribution is 6.99. The van der Waals surface area contributed by atoms with Crippen molar-refractivity contribution in [2.45, 2.75) is 38.8 Å². The van der Waals surface area contributed by atoms with Gasteiger partial charge in [-0.05, 0) is 21.5 Å². The molecule has 5 heteroatoms. The highest BCUT2D eigenvalue weighted by Gasteiger charge is 2.49. The van der Waals surface area contributed by atoms with Gasteiger partial charge < -0.3 is 9.53 Å². The average molecular weight is 483 g/mol. The Hall–Kier alpha value is -3.43. The molecule has 4 nitrogen and oxygen atoms in total. The van der Waals surface area contributed by atoms with Crippen LogP contribution in [0.2, 0.25) is 5.04 Å². The summed E-state index contributed by atoms with van der Waals surface area (Å²) >= 11 is 0. The molecule has 0 spiro atoms. The van der Waals surface area contributed by atoms with E-state index in [9.17, 15) is 10.3 Å². The predicted octanol–water partition coefficient (Wildman–Crippen LogP) is 4.18. The van der Waals surface area contributed by atoms with Gasteiger partial charge in [-0.1, -0.05) is 111 Å². The molecule has 35 heavy (non-hydrogen) atoms. The van der Waals surface area contributed by atoms with Crippen molar-refractivity contribution < 1.29 is 19.5 Å². The number of benzene rings is 3. The third-order valence-corrected chi connectivity index (χ3v) is 11.4. The molecule has 0 saturated carbocycles. The van der Waals surface area contributed by atoms with Crippen LogP contribution >= 0.6 is 0 Å². The zero-order valence-corrected chi connectivity index (χ0v) is 21.5. The summed E-state index contributed by atoms with van der Waals surface area (Å²) in [7, 11) is -2.60. The molecule has 0 atom stereocenters. The SMILES string of the molecule is CC(C)(C)[Si](OCCC#Cc1c(CO)[n+](O)cc2ccccc12)(c1ccccc1)c1ccccc1. The Labute approximate surface area is 208 Å². The summed E-state index contributed by atoms with van der Waals surface area (Å²) in [6.45, 7) is 6.96. The lowest BCUT2D eigenvalue weighted by Gasteiger charge is -2.43. The fourth-order valence-electron chi connectivity index (χ4n) is 4.78. The van der Waals surface area contributed by atoms with Crippen molar-refractivity contribution in [2.24, 2.45) is 0 Å². The Morgan fingerprint density at radius 2 is 1.43 bits per heavy atom. The molecule has 4 rings (SSSR count). The standard InChI is InChI=1S/C30H32NO3Si/c1-30(2,3)35(25-15-6-4-7-16-25,26-17-8-5-9-18-26)34-21-13-12-20-28-27-19-11-10-14-24(27)22-31(33)29(28)23-32/h4-11,14-19,22,32-33H,13,21,23H2,1-3H3/q+1. The minimum absolute atomic E-state index is 0.0920. The quantitative estimate of drug-likeness (QED) is 0.143. The topological polar surface area (TPSA) is 53.6 Å². The molecule has 2 N–H and O–H groups in total. The molecule has 0 fully saturated rings. The maximum atomic E-state index is 10.3. The number of aliphatic hydroxyl groups is 1. The number of aromatic nitrogens is 1. The van der Waals surface area contributed by atoms with Gasteiger partial charge in [-0.15, -0.1) is 0 Å². The Morgan fingerprint density at radius 1 is 0.857 bits per heavy atom. The first-order chi connectivity index (χ1) is 16.9. The van der Waals surface area contributed by atoms with Gasteiger partial charge in [0.25, 0.3) is 14.0 Å². The number of hydrogen-bond donors (Lipinski definition) is 2. The average Bonchev–Trinajstić information content (AvgIpc) is 2.86. The van der Waals surface area contributed by atoms with Crippen LogP contribution in [0.1, 0.15) is 38.4 Å². The van der Waals surface area contributed by atoms with Crippen LogP contribution in [-0.4, -0.2) is 25.2 Å². The monoisotopic (exact) mass is 482 g/mol. The van der Waals surface area contributed by atoms with Crippen molar-refractivity contribution in [3.05, 3.63) is 102 Å². The fourth-order valence-corrected chi connectivity index (χ4v) is 9.34. The summed E-state index contributed by atoms with van der Waals surface area (Å²) in [4.78, 5) is 0. The third-order valence-electron chi connectivity index (χ3n) is 6.38. The molecule has 0 radical (unpaired) electrons. The molecule has 0 aliphatic rings. The molecule has 1 aromatic heterocycles. The van der Waals surface area contributed by atoms with Crippen LogP contribution in [0.5, 0.6) is 0 Å². The predicted molar refractivity (Wildman–Crippen MR) is 142 cm³/mol. The largest absolute Gasteiger partial charge is 0.406 e. The molecule has 0 unspecified atom stereocenters. The lowest BCUT2D eigenvalue weighted by atomic mass is 10.0. The molecule has 0 aliphatic carbocycles. The smallest absolute Gasteiger partial charge is 0.275 e. The molecule has 1 heterocycles. The number of pyridine rings is 1. The van der Waals surface area contributed by atoms with E-state index >= 15 is 0 Å². The highest BCUT2D eigenvalue weighted by atomic mass is 28.4. The lowest BCUT2D eigenvalue weighted by molar-refractivity contribution is -0.909. The summed E-state index contributed by atoms with van der Waals surface area (Å²) < 4.78 is 7.87. The molecular weight excluding hydrogens is 450 g/mol. The van der Waals surface area contributed by atoms with Gasteiger partial charge in [0.05, 0.1) is 5.39 Å². The van der Waals surface area contributed by atoms with Crippen LogP contribution in [0.25, 0.3) is 10.8 Å². The summed E-state index contributed by atoms with van der Waals surface area (Å²) in [6, 6.07) is 28.8. The summed E-state index contributed by atoms with van der Waals surface area (Å²) in [5.74, 6) is 6.43. The van der Waals surface area contributed by atoms with Crippen LogP contribution in [0, 0.1) is 11.8 Å². The zero-order valence-electron chi connectivity index (χ0n) is 20.5. The number of nitrogens with zero attached hydrogens (tertiary/aromatic N) is 1. The Morgan fingerprint density at radius 3 is 2.00 bits per heavy atom. The molecule has 0 aliphatic heterocycles. The third kappa shape index (κ3) is 4.87. The van der Waals surface area contributed by atoms with Crippen molar-refractivity contribution in [1.29, 1.82) is 0 Å². The number of fused-ring (bicyclic) bond motifs is 1. The second kappa shape index (κ2) is 10.5. The van der Waals surface area contributed by atoms with E-state index in [1.165, 1.54) is 10.4 Å². The molecule has 178 valence electrons. The molecule has 4 aromatic rings. The van der Waals surface area contributed by atoms with Gasteiger partial charge in [0.15, 0.2) is 0 Å². The van der Waals surface area contributed by atoms with Gasteiger partial charge in [0.2, 0.25) is 6.20 Å². The number of aliphatic hydroxyl groups excluding tert-OH is 1. The maximum Gasteiger partial charge on any atom is 0.275 e. The van der Waals surface area contributed by atoms with Crippen molar-refractivity contribution in [3.8, 4) is 11.8 Å². The van der Waals surface area contributed by atoms with Crippen LogP contribution in [0.15, 0.2) is 91.1 Å². The van der Waals surface area contributed by atoms with E-state index in [1.807, 2.05) is 36.4 Å². The van der Waals surface area contributed by atoms with E-state index in [4.69, 9.17) is 4.43 Å². The van der Waals surface area contributed by atoms with E-state index in [1.54, 1.807) is 6.20 Å². The van der Waals surface area contributed by atoms with E-state index in [2.05, 4.69) is 81.1 Å². The van der Waals surface area contributed by atoms with Gasteiger partial charge >= 0.3 is 0 Å². The second-order valence-corrected chi connectivity index (χ2v) is 13.9. The van der Waals surface area contributed by atoms with E-state index < -0.39 is 8.32 Å². The summed E-state index contributed by atoms with van der Waals surface area (Å²) in [5.41, 5.74) is 1.02. The minimum Gasteiger partial charge on any atom is -0.406 e. The van der Waals surface area contributed by atoms with Crippen molar-refractivity contribution in [3.63, 3.8) is 0 Å². The Balaban J connectivity index is 1.66. The number of rotatable bonds is 6. The molecule has 0 amide bonds. The lowest BCUT2D eigenvalue weighted by Crippen LogP contribution is -2.66. The molecule has 0 saturated heterocycles. The van der Waals surface area contributed by atoms with Gasteiger partial charge in [0, 0.05) is 23.1 Å². The molecular formula is C30H32NO3Si+. The van der Waals surface area contributed by atoms with Crippen molar-refractivity contribution >= 4 is 29.5 Å². The molecule has 3 aromatic carbocycles. The first-order valence-electron chi connectivity index (χ1n) is 11.9. The second-order valence-electron chi connectivity index (χ2n) is 9.60. The number of hydrogen-bond acceptors (Lipinski definition) is 3. The van der Waals surface area contributed by atoms with Crippen LogP contribution in [0.3, 0.4) is 0 Å². The fraction of sp³-hybridized carbons (Fsp3) is 0.233. The minimum atomic E-state index is -2.60.